The van der Waals surface area contributed by atoms with Crippen molar-refractivity contribution in [1.29, 1.82) is 0 Å². The number of carbonyl (C=O) groups is 2. The lowest BCUT2D eigenvalue weighted by molar-refractivity contribution is -0.143. The van der Waals surface area contributed by atoms with Crippen LogP contribution >= 0.6 is 0 Å². The average molecular weight is 331 g/mol. The molecule has 1 fully saturated rings. The molecule has 0 radical (unpaired) electrons. The van der Waals surface area contributed by atoms with E-state index in [1.807, 2.05) is 25.1 Å². The van der Waals surface area contributed by atoms with E-state index < -0.39 is 0 Å². The predicted octanol–water partition coefficient (Wildman–Crippen LogP) is 3.98. The first-order valence-electron chi connectivity index (χ1n) is 9.19. The van der Waals surface area contributed by atoms with Gasteiger partial charge < -0.3 is 4.74 Å². The summed E-state index contributed by atoms with van der Waals surface area (Å²) in [4.78, 5) is 26.0. The van der Waals surface area contributed by atoms with Gasteiger partial charge in [-0.15, -0.1) is 0 Å². The lowest BCUT2D eigenvalue weighted by Gasteiger charge is -2.15. The first kappa shape index (κ1) is 18.7. The van der Waals surface area contributed by atoms with E-state index in [2.05, 4.69) is 11.0 Å². The summed E-state index contributed by atoms with van der Waals surface area (Å²) in [5.41, 5.74) is 2.04. The van der Waals surface area contributed by atoms with Crippen LogP contribution in [0.25, 0.3) is 0 Å². The molecule has 4 heteroatoms. The molecular weight excluding hydrogens is 302 g/mol. The summed E-state index contributed by atoms with van der Waals surface area (Å²) in [5.74, 6) is 0.0628. The SMILES string of the molecule is CCOC(=O)CCCCCC(=O)c1cccc(CN2CCCC2)c1. The van der Waals surface area contributed by atoms with E-state index in [9.17, 15) is 9.59 Å². The van der Waals surface area contributed by atoms with Crippen molar-refractivity contribution in [2.24, 2.45) is 0 Å². The highest BCUT2D eigenvalue weighted by atomic mass is 16.5. The Morgan fingerprint density at radius 1 is 1.08 bits per heavy atom. The van der Waals surface area contributed by atoms with Crippen molar-refractivity contribution >= 4 is 11.8 Å². The Morgan fingerprint density at radius 2 is 1.83 bits per heavy atom. The molecule has 1 saturated heterocycles. The van der Waals surface area contributed by atoms with E-state index in [4.69, 9.17) is 4.74 Å². The van der Waals surface area contributed by atoms with Crippen molar-refractivity contribution in [3.8, 4) is 0 Å². The number of ether oxygens (including phenoxy) is 1. The molecule has 0 unspecified atom stereocenters. The third-order valence-electron chi connectivity index (χ3n) is 4.44. The zero-order valence-corrected chi connectivity index (χ0v) is 14.8. The van der Waals surface area contributed by atoms with Crippen LogP contribution in [0.15, 0.2) is 24.3 Å². The third-order valence-corrected chi connectivity index (χ3v) is 4.44. The number of hydrogen-bond donors (Lipinski definition) is 0. The molecule has 0 bridgehead atoms. The number of Topliss-reactive ketones (excluding diaryl/α,β-unsaturated/α-hetero) is 1. The lowest BCUT2D eigenvalue weighted by Crippen LogP contribution is -2.18. The van der Waals surface area contributed by atoms with Crippen LogP contribution in [0.2, 0.25) is 0 Å². The van der Waals surface area contributed by atoms with E-state index in [0.717, 1.165) is 31.4 Å². The van der Waals surface area contributed by atoms with Gasteiger partial charge in [0, 0.05) is 24.9 Å². The van der Waals surface area contributed by atoms with E-state index in [0.29, 0.717) is 19.4 Å². The molecule has 4 nitrogen and oxygen atoms in total. The fourth-order valence-electron chi connectivity index (χ4n) is 3.15. The standard InChI is InChI=1S/C20H29NO3/c1-2-24-20(23)12-5-3-4-11-19(22)18-10-8-9-17(15-18)16-21-13-6-7-14-21/h8-10,15H,2-7,11-14,16H2,1H3. The van der Waals surface area contributed by atoms with Gasteiger partial charge in [-0.1, -0.05) is 24.6 Å². The molecule has 2 rings (SSSR count). The number of esters is 1. The summed E-state index contributed by atoms with van der Waals surface area (Å²) in [7, 11) is 0. The minimum absolute atomic E-state index is 0.140. The molecule has 0 saturated carbocycles. The Labute approximate surface area is 145 Å². The van der Waals surface area contributed by atoms with E-state index in [1.54, 1.807) is 0 Å². The van der Waals surface area contributed by atoms with Crippen molar-refractivity contribution in [1.82, 2.24) is 4.90 Å². The maximum atomic E-state index is 12.3. The molecule has 0 atom stereocenters. The van der Waals surface area contributed by atoms with Crippen LogP contribution in [0.1, 0.15) is 67.8 Å². The van der Waals surface area contributed by atoms with Gasteiger partial charge in [-0.2, -0.15) is 0 Å². The maximum Gasteiger partial charge on any atom is 0.305 e. The van der Waals surface area contributed by atoms with E-state index in [-0.39, 0.29) is 11.8 Å². The third kappa shape index (κ3) is 6.44. The zero-order valence-electron chi connectivity index (χ0n) is 14.8. The van der Waals surface area contributed by atoms with Crippen LogP contribution < -0.4 is 0 Å². The normalized spacial score (nSPS) is 14.7. The van der Waals surface area contributed by atoms with Gasteiger partial charge in [0.25, 0.3) is 0 Å². The van der Waals surface area contributed by atoms with Crippen molar-refractivity contribution in [3.63, 3.8) is 0 Å². The molecule has 1 aromatic rings. The van der Waals surface area contributed by atoms with Gasteiger partial charge in [0.1, 0.15) is 0 Å². The van der Waals surface area contributed by atoms with Crippen LogP contribution in [-0.4, -0.2) is 36.3 Å². The Kier molecular flexibility index (Phi) is 7.96. The summed E-state index contributed by atoms with van der Waals surface area (Å²) in [6, 6.07) is 8.04. The Morgan fingerprint density at radius 3 is 2.58 bits per heavy atom. The van der Waals surface area contributed by atoms with E-state index >= 15 is 0 Å². The van der Waals surface area contributed by atoms with Gasteiger partial charge >= 0.3 is 5.97 Å². The topological polar surface area (TPSA) is 46.6 Å². The zero-order chi connectivity index (χ0) is 17.2. The average Bonchev–Trinajstić information content (AvgIpc) is 3.08. The summed E-state index contributed by atoms with van der Waals surface area (Å²) in [5, 5.41) is 0. The molecule has 132 valence electrons. The Hall–Kier alpha value is -1.68. The molecular formula is C20H29NO3. The first-order chi connectivity index (χ1) is 11.7. The number of unbranched alkanes of at least 4 members (excludes halogenated alkanes) is 2. The first-order valence-corrected chi connectivity index (χ1v) is 9.19. The van der Waals surface area contributed by atoms with Crippen molar-refractivity contribution < 1.29 is 14.3 Å². The quantitative estimate of drug-likeness (QED) is 0.370. The number of likely N-dealkylation sites (tertiary alicyclic amines) is 1. The van der Waals surface area contributed by atoms with Gasteiger partial charge in [0.2, 0.25) is 0 Å². The number of carbonyl (C=O) groups excluding carboxylic acids is 2. The number of benzene rings is 1. The fourth-order valence-corrected chi connectivity index (χ4v) is 3.15. The van der Waals surface area contributed by atoms with Crippen molar-refractivity contribution in [3.05, 3.63) is 35.4 Å². The number of hydrogen-bond acceptors (Lipinski definition) is 4. The van der Waals surface area contributed by atoms with Gasteiger partial charge in [0.05, 0.1) is 6.61 Å². The summed E-state index contributed by atoms with van der Waals surface area (Å²) in [6.45, 7) is 5.53. The molecule has 1 aromatic carbocycles. The summed E-state index contributed by atoms with van der Waals surface area (Å²) < 4.78 is 4.90. The maximum absolute atomic E-state index is 12.3. The van der Waals surface area contributed by atoms with Gasteiger partial charge in [0.15, 0.2) is 5.78 Å². The second-order valence-electron chi connectivity index (χ2n) is 6.47. The lowest BCUT2D eigenvalue weighted by atomic mass is 10.0. The molecule has 1 aliphatic rings. The van der Waals surface area contributed by atoms with E-state index in [1.165, 1.54) is 31.5 Å². The fraction of sp³-hybridized carbons (Fsp3) is 0.600. The highest BCUT2D eigenvalue weighted by molar-refractivity contribution is 5.96. The van der Waals surface area contributed by atoms with Crippen molar-refractivity contribution in [2.45, 2.75) is 58.4 Å². The molecule has 0 amide bonds. The summed E-state index contributed by atoms with van der Waals surface area (Å²) >= 11 is 0. The predicted molar refractivity (Wildman–Crippen MR) is 95.0 cm³/mol. The van der Waals surface area contributed by atoms with Crippen LogP contribution in [0.3, 0.4) is 0 Å². The molecule has 1 aliphatic heterocycles. The Bertz CT molecular complexity index is 535. The number of ketones is 1. The number of nitrogens with zero attached hydrogens (tertiary/aromatic N) is 1. The molecule has 0 aliphatic carbocycles. The highest BCUT2D eigenvalue weighted by Crippen LogP contribution is 2.16. The van der Waals surface area contributed by atoms with Crippen molar-refractivity contribution in [2.75, 3.05) is 19.7 Å². The molecule has 1 heterocycles. The molecule has 0 N–H and O–H groups in total. The second kappa shape index (κ2) is 10.2. The monoisotopic (exact) mass is 331 g/mol. The van der Waals surface area contributed by atoms with Crippen LogP contribution in [0.4, 0.5) is 0 Å². The second-order valence-corrected chi connectivity index (χ2v) is 6.47. The number of rotatable bonds is 10. The van der Waals surface area contributed by atoms with Gasteiger partial charge in [-0.25, -0.2) is 0 Å². The molecule has 0 aromatic heterocycles. The highest BCUT2D eigenvalue weighted by Gasteiger charge is 2.13. The van der Waals surface area contributed by atoms with Crippen LogP contribution in [0.5, 0.6) is 0 Å². The van der Waals surface area contributed by atoms with Crippen LogP contribution in [-0.2, 0) is 16.1 Å². The minimum Gasteiger partial charge on any atom is -0.466 e. The summed E-state index contributed by atoms with van der Waals surface area (Å²) in [6.07, 6.45) is 6.08. The Balaban J connectivity index is 1.70. The molecule has 24 heavy (non-hydrogen) atoms. The smallest absolute Gasteiger partial charge is 0.305 e. The molecule has 0 spiro atoms. The van der Waals surface area contributed by atoms with Gasteiger partial charge in [-0.3, -0.25) is 14.5 Å². The van der Waals surface area contributed by atoms with Gasteiger partial charge in [-0.05, 0) is 57.3 Å². The largest absolute Gasteiger partial charge is 0.466 e. The van der Waals surface area contributed by atoms with Crippen LogP contribution in [0, 0.1) is 0 Å². The minimum atomic E-state index is -0.140.